The lowest BCUT2D eigenvalue weighted by atomic mass is 10.1. The number of aromatic nitrogens is 2. The van der Waals surface area contributed by atoms with Crippen LogP contribution in [0.15, 0.2) is 41.4 Å². The topological polar surface area (TPSA) is 67.3 Å². The Morgan fingerprint density at radius 3 is 2.68 bits per heavy atom. The van der Waals surface area contributed by atoms with Gasteiger partial charge in [0, 0.05) is 17.8 Å². The minimum Gasteiger partial charge on any atom is -0.491 e. The van der Waals surface area contributed by atoms with E-state index in [-0.39, 0.29) is 12.1 Å². The zero-order chi connectivity index (χ0) is 18.3. The molecule has 1 aromatic carbocycles. The van der Waals surface area contributed by atoms with Gasteiger partial charge in [-0.2, -0.15) is 0 Å². The third-order valence-corrected chi connectivity index (χ3v) is 5.11. The van der Waals surface area contributed by atoms with E-state index in [4.69, 9.17) is 16.3 Å². The molecule has 1 atom stereocenters. The minimum atomic E-state index is -0.584. The van der Waals surface area contributed by atoms with Crippen molar-refractivity contribution in [3.8, 4) is 5.75 Å². The van der Waals surface area contributed by atoms with E-state index in [2.05, 4.69) is 29.4 Å². The summed E-state index contributed by atoms with van der Waals surface area (Å²) in [6, 6.07) is 11.4. The van der Waals surface area contributed by atoms with Crippen molar-refractivity contribution in [1.82, 2.24) is 15.5 Å². The van der Waals surface area contributed by atoms with Crippen LogP contribution in [0.2, 0.25) is 5.15 Å². The summed E-state index contributed by atoms with van der Waals surface area (Å²) in [5.41, 5.74) is 0.888. The van der Waals surface area contributed by atoms with E-state index < -0.39 is 6.10 Å². The maximum atomic E-state index is 10.1. The van der Waals surface area contributed by atoms with Crippen molar-refractivity contribution in [1.29, 1.82) is 0 Å². The van der Waals surface area contributed by atoms with Gasteiger partial charge in [0.2, 0.25) is 0 Å². The standard InChI is InChI=1S/C18H24ClN3O2S/c1-13-6-4-5-7-15(13)24-11-14(23)10-20-18(2,3)12-25-17-9-8-16(19)21-22-17/h4-9,14,20,23H,10-12H2,1-3H3. The molecule has 0 aliphatic rings. The molecule has 1 aromatic heterocycles. The summed E-state index contributed by atoms with van der Waals surface area (Å²) >= 11 is 7.33. The Morgan fingerprint density at radius 2 is 2.00 bits per heavy atom. The first-order valence-electron chi connectivity index (χ1n) is 8.09. The number of nitrogens with one attached hydrogen (secondary N) is 1. The number of aliphatic hydroxyl groups excluding tert-OH is 1. The maximum absolute atomic E-state index is 10.1. The molecule has 0 fully saturated rings. The number of nitrogens with zero attached hydrogens (tertiary/aromatic N) is 2. The third kappa shape index (κ3) is 7.20. The quantitative estimate of drug-likeness (QED) is 0.649. The third-order valence-electron chi connectivity index (χ3n) is 3.53. The average molecular weight is 382 g/mol. The highest BCUT2D eigenvalue weighted by molar-refractivity contribution is 7.99. The highest BCUT2D eigenvalue weighted by atomic mass is 35.5. The predicted octanol–water partition coefficient (Wildman–Crippen LogP) is 3.34. The summed E-state index contributed by atoms with van der Waals surface area (Å²) in [5.74, 6) is 1.59. The van der Waals surface area contributed by atoms with Crippen LogP contribution >= 0.6 is 23.4 Å². The van der Waals surface area contributed by atoms with Crippen molar-refractivity contribution < 1.29 is 9.84 Å². The summed E-state index contributed by atoms with van der Waals surface area (Å²) in [4.78, 5) is 0. The van der Waals surface area contributed by atoms with Gasteiger partial charge < -0.3 is 15.2 Å². The Balaban J connectivity index is 1.72. The summed E-state index contributed by atoms with van der Waals surface area (Å²) in [7, 11) is 0. The Morgan fingerprint density at radius 1 is 1.24 bits per heavy atom. The number of thioether (sulfide) groups is 1. The molecular formula is C18H24ClN3O2S. The molecule has 136 valence electrons. The highest BCUT2D eigenvalue weighted by Gasteiger charge is 2.19. The van der Waals surface area contributed by atoms with Gasteiger partial charge in [0.1, 0.15) is 23.5 Å². The molecule has 0 radical (unpaired) electrons. The molecule has 0 aliphatic heterocycles. The lowest BCUT2D eigenvalue weighted by molar-refractivity contribution is 0.1000. The van der Waals surface area contributed by atoms with Gasteiger partial charge in [-0.3, -0.25) is 0 Å². The summed E-state index contributed by atoms with van der Waals surface area (Å²) in [5, 5.41) is 22.6. The molecule has 25 heavy (non-hydrogen) atoms. The molecule has 0 aliphatic carbocycles. The smallest absolute Gasteiger partial charge is 0.151 e. The fourth-order valence-corrected chi connectivity index (χ4v) is 3.02. The van der Waals surface area contributed by atoms with E-state index in [1.165, 1.54) is 0 Å². The predicted molar refractivity (Wildman–Crippen MR) is 103 cm³/mol. The van der Waals surface area contributed by atoms with E-state index in [9.17, 15) is 5.11 Å². The van der Waals surface area contributed by atoms with Gasteiger partial charge in [-0.1, -0.05) is 29.8 Å². The number of hydrogen-bond donors (Lipinski definition) is 2. The van der Waals surface area contributed by atoms with E-state index in [1.807, 2.05) is 37.3 Å². The summed E-state index contributed by atoms with van der Waals surface area (Å²) in [6.07, 6.45) is -0.584. The van der Waals surface area contributed by atoms with Crippen molar-refractivity contribution in [3.05, 3.63) is 47.1 Å². The second kappa shape index (κ2) is 9.38. The SMILES string of the molecule is Cc1ccccc1OCC(O)CNC(C)(C)CSc1ccc(Cl)nn1. The first-order valence-corrected chi connectivity index (χ1v) is 9.46. The number of ether oxygens (including phenoxy) is 1. The largest absolute Gasteiger partial charge is 0.491 e. The van der Waals surface area contributed by atoms with Gasteiger partial charge in [-0.05, 0) is 44.5 Å². The van der Waals surface area contributed by atoms with Crippen LogP contribution in [0, 0.1) is 6.92 Å². The van der Waals surface area contributed by atoms with Crippen molar-refractivity contribution in [2.24, 2.45) is 0 Å². The molecule has 1 heterocycles. The number of aryl methyl sites for hydroxylation is 1. The second-order valence-corrected chi connectivity index (χ2v) is 7.86. The molecule has 0 saturated carbocycles. The molecule has 1 unspecified atom stereocenters. The molecule has 2 rings (SSSR count). The molecule has 0 bridgehead atoms. The Labute approximate surface area is 158 Å². The van der Waals surface area contributed by atoms with E-state index >= 15 is 0 Å². The highest BCUT2D eigenvalue weighted by Crippen LogP contribution is 2.21. The van der Waals surface area contributed by atoms with Crippen molar-refractivity contribution in [2.75, 3.05) is 18.9 Å². The summed E-state index contributed by atoms with van der Waals surface area (Å²) < 4.78 is 5.68. The van der Waals surface area contributed by atoms with Gasteiger partial charge in [-0.15, -0.1) is 22.0 Å². The number of aliphatic hydroxyl groups is 1. The van der Waals surface area contributed by atoms with Crippen molar-refractivity contribution >= 4 is 23.4 Å². The number of halogens is 1. The fraction of sp³-hybridized carbons (Fsp3) is 0.444. The van der Waals surface area contributed by atoms with Gasteiger partial charge in [0.25, 0.3) is 0 Å². The molecular weight excluding hydrogens is 358 g/mol. The van der Waals surface area contributed by atoms with Crippen molar-refractivity contribution in [2.45, 2.75) is 37.4 Å². The van der Waals surface area contributed by atoms with Crippen molar-refractivity contribution in [3.63, 3.8) is 0 Å². The van der Waals surface area contributed by atoms with Crippen LogP contribution < -0.4 is 10.1 Å². The Kier molecular flexibility index (Phi) is 7.50. The molecule has 2 N–H and O–H groups in total. The molecule has 5 nitrogen and oxygen atoms in total. The Hall–Kier alpha value is -1.34. The van der Waals surface area contributed by atoms with Gasteiger partial charge in [0.15, 0.2) is 5.15 Å². The zero-order valence-corrected chi connectivity index (χ0v) is 16.3. The number of benzene rings is 1. The molecule has 0 amide bonds. The van der Waals surface area contributed by atoms with Crippen LogP contribution in [-0.4, -0.2) is 45.9 Å². The lowest BCUT2D eigenvalue weighted by Gasteiger charge is -2.27. The fourth-order valence-electron chi connectivity index (χ4n) is 2.04. The number of hydrogen-bond acceptors (Lipinski definition) is 6. The average Bonchev–Trinajstić information content (AvgIpc) is 2.59. The number of β-amino-alcohol motifs (C(OH)–C–C–N with tert-alkyl or cyclic N) is 1. The lowest BCUT2D eigenvalue weighted by Crippen LogP contribution is -2.46. The van der Waals surface area contributed by atoms with Crippen LogP contribution in [-0.2, 0) is 0 Å². The van der Waals surface area contributed by atoms with Gasteiger partial charge in [-0.25, -0.2) is 0 Å². The van der Waals surface area contributed by atoms with Crippen LogP contribution in [0.5, 0.6) is 5.75 Å². The van der Waals surface area contributed by atoms with Crippen LogP contribution in [0.3, 0.4) is 0 Å². The normalized spacial score (nSPS) is 12.8. The van der Waals surface area contributed by atoms with Gasteiger partial charge in [0.05, 0.1) is 0 Å². The van der Waals surface area contributed by atoms with Crippen LogP contribution in [0.1, 0.15) is 19.4 Å². The first-order chi connectivity index (χ1) is 11.9. The van der Waals surface area contributed by atoms with Gasteiger partial charge >= 0.3 is 0 Å². The van der Waals surface area contributed by atoms with E-state index in [0.717, 1.165) is 22.1 Å². The molecule has 2 aromatic rings. The van der Waals surface area contributed by atoms with Crippen LogP contribution in [0.25, 0.3) is 0 Å². The second-order valence-electron chi connectivity index (χ2n) is 6.48. The zero-order valence-electron chi connectivity index (χ0n) is 14.7. The monoisotopic (exact) mass is 381 g/mol. The summed E-state index contributed by atoms with van der Waals surface area (Å²) in [6.45, 7) is 6.85. The Bertz CT molecular complexity index is 668. The number of para-hydroxylation sites is 1. The van der Waals surface area contributed by atoms with E-state index in [1.54, 1.807) is 17.8 Å². The minimum absolute atomic E-state index is 0.171. The maximum Gasteiger partial charge on any atom is 0.151 e. The molecule has 0 saturated heterocycles. The number of rotatable bonds is 9. The van der Waals surface area contributed by atoms with Crippen LogP contribution in [0.4, 0.5) is 0 Å². The first kappa shape index (κ1) is 20.0. The van der Waals surface area contributed by atoms with E-state index in [0.29, 0.717) is 11.7 Å². The molecule has 7 heteroatoms. The molecule has 0 spiro atoms.